The van der Waals surface area contributed by atoms with Crippen molar-refractivity contribution >= 4 is 66.6 Å². The van der Waals surface area contributed by atoms with Crippen LogP contribution in [0.2, 0.25) is 0 Å². The number of thiazole rings is 1. The number of benzene rings is 2. The van der Waals surface area contributed by atoms with Crippen LogP contribution in [0.25, 0.3) is 10.2 Å². The Labute approximate surface area is 221 Å². The van der Waals surface area contributed by atoms with E-state index in [-0.39, 0.29) is 23.2 Å². The molecule has 0 spiro atoms. The van der Waals surface area contributed by atoms with Crippen molar-refractivity contribution in [1.82, 2.24) is 9.88 Å². The van der Waals surface area contributed by atoms with Gasteiger partial charge in [-0.15, -0.1) is 24.2 Å². The number of morpholine rings is 1. The summed E-state index contributed by atoms with van der Waals surface area (Å²) in [4.78, 5) is 23.7. The van der Waals surface area contributed by atoms with Crippen LogP contribution in [-0.2, 0) is 14.6 Å². The molecule has 35 heavy (non-hydrogen) atoms. The van der Waals surface area contributed by atoms with Gasteiger partial charge < -0.3 is 4.74 Å². The Balaban J connectivity index is 0.00000342. The average Bonchev–Trinajstić information content (AvgIpc) is 3.27. The third kappa shape index (κ3) is 6.36. The van der Waals surface area contributed by atoms with Crippen LogP contribution in [0.5, 0.6) is 0 Å². The zero-order valence-electron chi connectivity index (χ0n) is 20.0. The van der Waals surface area contributed by atoms with Crippen molar-refractivity contribution in [3.63, 3.8) is 0 Å². The Bertz CT molecular complexity index is 1260. The number of amides is 1. The number of sulfone groups is 1. The number of fused-ring (bicyclic) bond motifs is 1. The number of carbonyl (C=O) groups is 1. The van der Waals surface area contributed by atoms with E-state index in [1.807, 2.05) is 18.4 Å². The van der Waals surface area contributed by atoms with Crippen molar-refractivity contribution in [1.29, 1.82) is 0 Å². The van der Waals surface area contributed by atoms with Crippen LogP contribution in [0.4, 0.5) is 5.13 Å². The fraction of sp³-hybridized carbons (Fsp3) is 0.417. The summed E-state index contributed by atoms with van der Waals surface area (Å²) in [7, 11) is -3.40. The molecular formula is C24H30ClN3O4S3. The summed E-state index contributed by atoms with van der Waals surface area (Å²) in [6.45, 7) is 7.55. The van der Waals surface area contributed by atoms with Gasteiger partial charge in [-0.05, 0) is 62.6 Å². The van der Waals surface area contributed by atoms with E-state index in [1.165, 1.54) is 23.5 Å². The average molecular weight is 556 g/mol. The first-order valence-corrected chi connectivity index (χ1v) is 14.8. The van der Waals surface area contributed by atoms with Gasteiger partial charge in [0.1, 0.15) is 0 Å². The molecule has 0 aliphatic carbocycles. The monoisotopic (exact) mass is 555 g/mol. The predicted molar refractivity (Wildman–Crippen MR) is 146 cm³/mol. The molecule has 1 aromatic heterocycles. The van der Waals surface area contributed by atoms with Crippen molar-refractivity contribution < 1.29 is 17.9 Å². The second-order valence-corrected chi connectivity index (χ2v) is 12.8. The van der Waals surface area contributed by atoms with E-state index in [0.717, 1.165) is 28.2 Å². The zero-order valence-corrected chi connectivity index (χ0v) is 23.2. The molecule has 4 rings (SSSR count). The van der Waals surface area contributed by atoms with E-state index in [4.69, 9.17) is 9.72 Å². The number of hydrogen-bond donors (Lipinski definition) is 0. The summed E-state index contributed by atoms with van der Waals surface area (Å²) < 4.78 is 31.4. The lowest BCUT2D eigenvalue weighted by atomic mass is 10.2. The maximum absolute atomic E-state index is 13.6. The van der Waals surface area contributed by atoms with Gasteiger partial charge in [0.15, 0.2) is 15.0 Å². The fourth-order valence-electron chi connectivity index (χ4n) is 3.70. The molecule has 0 radical (unpaired) electrons. The number of hydrogen-bond acceptors (Lipinski definition) is 8. The summed E-state index contributed by atoms with van der Waals surface area (Å²) in [5, 5.41) is 0.124. The highest BCUT2D eigenvalue weighted by Crippen LogP contribution is 2.32. The lowest BCUT2D eigenvalue weighted by Gasteiger charge is -2.29. The Morgan fingerprint density at radius 1 is 1.17 bits per heavy atom. The van der Waals surface area contributed by atoms with Gasteiger partial charge >= 0.3 is 0 Å². The van der Waals surface area contributed by atoms with Crippen molar-refractivity contribution in [3.05, 3.63) is 48.0 Å². The Morgan fingerprint density at radius 3 is 2.49 bits per heavy atom. The summed E-state index contributed by atoms with van der Waals surface area (Å²) in [6.07, 6.45) is 2.03. The Morgan fingerprint density at radius 2 is 1.86 bits per heavy atom. The van der Waals surface area contributed by atoms with Crippen molar-refractivity contribution in [2.75, 3.05) is 50.5 Å². The molecule has 1 fully saturated rings. The van der Waals surface area contributed by atoms with Crippen molar-refractivity contribution in [2.45, 2.75) is 28.9 Å². The smallest absolute Gasteiger partial charge is 0.260 e. The molecule has 0 unspecified atom stereocenters. The van der Waals surface area contributed by atoms with E-state index in [1.54, 1.807) is 42.6 Å². The first-order valence-electron chi connectivity index (χ1n) is 11.2. The number of thioether (sulfide) groups is 1. The van der Waals surface area contributed by atoms with Crippen LogP contribution in [0.3, 0.4) is 0 Å². The minimum atomic E-state index is -3.40. The molecule has 7 nitrogen and oxygen atoms in total. The third-order valence-electron chi connectivity index (χ3n) is 5.85. The van der Waals surface area contributed by atoms with E-state index >= 15 is 0 Å². The van der Waals surface area contributed by atoms with E-state index in [0.29, 0.717) is 37.0 Å². The number of aromatic nitrogens is 1. The second-order valence-electron chi connectivity index (χ2n) is 8.36. The van der Waals surface area contributed by atoms with Gasteiger partial charge in [0.2, 0.25) is 0 Å². The molecule has 0 atom stereocenters. The topological polar surface area (TPSA) is 79.8 Å². The van der Waals surface area contributed by atoms with Crippen LogP contribution in [0, 0.1) is 0 Å². The van der Waals surface area contributed by atoms with Gasteiger partial charge in [-0.3, -0.25) is 14.6 Å². The molecule has 1 aliphatic heterocycles. The Kier molecular flexibility index (Phi) is 9.59. The summed E-state index contributed by atoms with van der Waals surface area (Å²) in [5.41, 5.74) is 1.30. The van der Waals surface area contributed by atoms with E-state index in [2.05, 4.69) is 11.0 Å². The van der Waals surface area contributed by atoms with Gasteiger partial charge in [0.25, 0.3) is 5.91 Å². The molecule has 3 aromatic rings. The Hall–Kier alpha value is -1.69. The zero-order chi connectivity index (χ0) is 24.3. The standard InChI is InChI=1S/C24H29N3O4S3.ClH/c1-17(2)34(29,30)20-7-4-18(5-8-20)23(28)27(11-10-26-12-14-31-15-13-26)24-25-21-9-6-19(32-3)16-22(21)33-24;/h4-9,16-17H,10-15H2,1-3H3;1H. The molecule has 11 heteroatoms. The van der Waals surface area contributed by atoms with Crippen LogP contribution in [-0.4, -0.2) is 75.1 Å². The molecule has 2 aromatic carbocycles. The molecule has 1 saturated heterocycles. The lowest BCUT2D eigenvalue weighted by molar-refractivity contribution is 0.0391. The second kappa shape index (κ2) is 12.0. The molecule has 0 saturated carbocycles. The van der Waals surface area contributed by atoms with Gasteiger partial charge in [-0.1, -0.05) is 11.3 Å². The van der Waals surface area contributed by atoms with Crippen molar-refractivity contribution in [3.8, 4) is 0 Å². The highest BCUT2D eigenvalue weighted by Gasteiger charge is 2.24. The summed E-state index contributed by atoms with van der Waals surface area (Å²) >= 11 is 3.17. The van der Waals surface area contributed by atoms with Crippen LogP contribution in [0.15, 0.2) is 52.3 Å². The van der Waals surface area contributed by atoms with Crippen LogP contribution >= 0.6 is 35.5 Å². The maximum atomic E-state index is 13.6. The van der Waals surface area contributed by atoms with E-state index < -0.39 is 15.1 Å². The lowest BCUT2D eigenvalue weighted by Crippen LogP contribution is -2.43. The first kappa shape index (κ1) is 27.9. The number of rotatable bonds is 8. The van der Waals surface area contributed by atoms with Crippen LogP contribution < -0.4 is 4.90 Å². The molecule has 0 N–H and O–H groups in total. The highest BCUT2D eigenvalue weighted by atomic mass is 35.5. The summed E-state index contributed by atoms with van der Waals surface area (Å²) in [6, 6.07) is 12.3. The van der Waals surface area contributed by atoms with E-state index in [9.17, 15) is 13.2 Å². The number of nitrogens with zero attached hydrogens (tertiary/aromatic N) is 3. The van der Waals surface area contributed by atoms with Gasteiger partial charge in [-0.2, -0.15) is 0 Å². The molecule has 0 bridgehead atoms. The minimum Gasteiger partial charge on any atom is -0.379 e. The number of carbonyl (C=O) groups excluding carboxylic acids is 1. The largest absolute Gasteiger partial charge is 0.379 e. The van der Waals surface area contributed by atoms with Crippen LogP contribution in [0.1, 0.15) is 24.2 Å². The number of anilines is 1. The summed E-state index contributed by atoms with van der Waals surface area (Å²) in [5.74, 6) is -0.189. The minimum absolute atomic E-state index is 0. The molecule has 2 heterocycles. The van der Waals surface area contributed by atoms with Gasteiger partial charge in [0, 0.05) is 36.6 Å². The first-order chi connectivity index (χ1) is 16.3. The molecule has 1 amide bonds. The number of halogens is 1. The SMILES string of the molecule is CSc1ccc2nc(N(CCN3CCOCC3)C(=O)c3ccc(S(=O)(=O)C(C)C)cc3)sc2c1.Cl. The van der Waals surface area contributed by atoms with Gasteiger partial charge in [-0.25, -0.2) is 13.4 Å². The predicted octanol–water partition coefficient (Wildman–Crippen LogP) is 4.60. The quantitative estimate of drug-likeness (QED) is 0.376. The maximum Gasteiger partial charge on any atom is 0.260 e. The molecule has 1 aliphatic rings. The fourth-order valence-corrected chi connectivity index (χ4v) is 6.30. The highest BCUT2D eigenvalue weighted by molar-refractivity contribution is 7.98. The normalized spacial score (nSPS) is 14.7. The van der Waals surface area contributed by atoms with Gasteiger partial charge in [0.05, 0.1) is 33.6 Å². The number of ether oxygens (including phenoxy) is 1. The van der Waals surface area contributed by atoms with Crippen molar-refractivity contribution in [2.24, 2.45) is 0 Å². The molecular weight excluding hydrogens is 526 g/mol. The third-order valence-corrected chi connectivity index (χ3v) is 9.79. The molecule has 190 valence electrons.